The molecule has 7 heteroatoms. The number of halogens is 2. The van der Waals surface area contributed by atoms with Crippen LogP contribution in [0.3, 0.4) is 0 Å². The van der Waals surface area contributed by atoms with Crippen molar-refractivity contribution in [3.63, 3.8) is 0 Å². The molecule has 0 unspecified atom stereocenters. The molecule has 0 spiro atoms. The molecule has 1 saturated heterocycles. The minimum atomic E-state index is -3.70. The Balaban J connectivity index is 2.01. The van der Waals surface area contributed by atoms with Crippen LogP contribution in [-0.4, -0.2) is 38.0 Å². The number of sulfonamides is 1. The van der Waals surface area contributed by atoms with Crippen molar-refractivity contribution in [2.45, 2.75) is 42.7 Å². The van der Waals surface area contributed by atoms with Crippen molar-refractivity contribution in [3.05, 3.63) is 28.2 Å². The van der Waals surface area contributed by atoms with Crippen molar-refractivity contribution in [2.75, 3.05) is 13.2 Å². The topological polar surface area (TPSA) is 46.6 Å². The smallest absolute Gasteiger partial charge is 0.246 e. The Morgan fingerprint density at radius 3 is 2.52 bits per heavy atom. The zero-order valence-electron chi connectivity index (χ0n) is 11.5. The van der Waals surface area contributed by atoms with E-state index in [1.165, 1.54) is 4.31 Å². The van der Waals surface area contributed by atoms with Crippen LogP contribution >= 0.6 is 23.2 Å². The zero-order valence-corrected chi connectivity index (χ0v) is 13.8. The Kier molecular flexibility index (Phi) is 4.48. The van der Waals surface area contributed by atoms with Crippen LogP contribution in [0.2, 0.25) is 10.0 Å². The van der Waals surface area contributed by atoms with Crippen LogP contribution in [0.25, 0.3) is 0 Å². The third kappa shape index (κ3) is 2.82. The minimum absolute atomic E-state index is 0.0106. The molecule has 21 heavy (non-hydrogen) atoms. The summed E-state index contributed by atoms with van der Waals surface area (Å²) < 4.78 is 33.2. The maximum Gasteiger partial charge on any atom is 0.246 e. The lowest BCUT2D eigenvalue weighted by molar-refractivity contribution is -0.0586. The van der Waals surface area contributed by atoms with Gasteiger partial charge in [-0.25, -0.2) is 8.42 Å². The number of nitrogens with zero attached hydrogens (tertiary/aromatic N) is 1. The molecule has 1 saturated carbocycles. The molecule has 116 valence electrons. The molecule has 0 aromatic heterocycles. The first kappa shape index (κ1) is 15.6. The first-order chi connectivity index (χ1) is 10.0. The first-order valence-corrected chi connectivity index (χ1v) is 9.29. The van der Waals surface area contributed by atoms with Crippen molar-refractivity contribution < 1.29 is 13.2 Å². The number of rotatable bonds is 2. The van der Waals surface area contributed by atoms with Gasteiger partial charge in [0.25, 0.3) is 0 Å². The van der Waals surface area contributed by atoms with Gasteiger partial charge in [0.1, 0.15) is 4.90 Å². The van der Waals surface area contributed by atoms with Crippen molar-refractivity contribution in [1.82, 2.24) is 4.31 Å². The highest BCUT2D eigenvalue weighted by molar-refractivity contribution is 7.89. The van der Waals surface area contributed by atoms with Gasteiger partial charge < -0.3 is 4.74 Å². The van der Waals surface area contributed by atoms with Gasteiger partial charge in [0.05, 0.1) is 28.8 Å². The molecule has 2 atom stereocenters. The second-order valence-electron chi connectivity index (χ2n) is 5.43. The van der Waals surface area contributed by atoms with Crippen LogP contribution in [0, 0.1) is 0 Å². The van der Waals surface area contributed by atoms with E-state index in [1.807, 2.05) is 0 Å². The predicted molar refractivity (Wildman–Crippen MR) is 82.3 cm³/mol. The fraction of sp³-hybridized carbons (Fsp3) is 0.571. The zero-order chi connectivity index (χ0) is 15.0. The molecule has 3 rings (SSSR count). The summed E-state index contributed by atoms with van der Waals surface area (Å²) in [4.78, 5) is 0.0135. The highest BCUT2D eigenvalue weighted by atomic mass is 35.5. The van der Waals surface area contributed by atoms with Crippen molar-refractivity contribution in [1.29, 1.82) is 0 Å². The standard InChI is InChI=1S/C14H17Cl2NO3S/c15-10-4-3-5-11(16)14(10)21(18,19)17-8-9-20-13-7-2-1-6-12(13)17/h3-5,12-13H,1-2,6-9H2/t12-,13+/m0/s1. The van der Waals surface area contributed by atoms with Gasteiger partial charge >= 0.3 is 0 Å². The predicted octanol–water partition coefficient (Wildman–Crippen LogP) is 3.33. The van der Waals surface area contributed by atoms with E-state index >= 15 is 0 Å². The Bertz CT molecular complexity index is 613. The number of benzene rings is 1. The van der Waals surface area contributed by atoms with Crippen molar-refractivity contribution >= 4 is 33.2 Å². The quantitative estimate of drug-likeness (QED) is 0.822. The molecule has 2 aliphatic rings. The third-order valence-electron chi connectivity index (χ3n) is 4.17. The van der Waals surface area contributed by atoms with E-state index in [0.29, 0.717) is 13.2 Å². The summed E-state index contributed by atoms with van der Waals surface area (Å²) in [6.07, 6.45) is 3.83. The summed E-state index contributed by atoms with van der Waals surface area (Å²) in [5.74, 6) is 0. The summed E-state index contributed by atoms with van der Waals surface area (Å²) in [5.41, 5.74) is 0. The number of morpholine rings is 1. The van der Waals surface area contributed by atoms with E-state index < -0.39 is 10.0 Å². The molecule has 1 aliphatic heterocycles. The van der Waals surface area contributed by atoms with Crippen LogP contribution in [0.1, 0.15) is 25.7 Å². The van der Waals surface area contributed by atoms with Gasteiger partial charge in [-0.2, -0.15) is 4.31 Å². The highest BCUT2D eigenvalue weighted by Gasteiger charge is 2.42. The Morgan fingerprint density at radius 1 is 1.14 bits per heavy atom. The third-order valence-corrected chi connectivity index (χ3v) is 7.05. The fourth-order valence-electron chi connectivity index (χ4n) is 3.21. The first-order valence-electron chi connectivity index (χ1n) is 7.09. The molecule has 0 radical (unpaired) electrons. The van der Waals surface area contributed by atoms with Crippen molar-refractivity contribution in [2.24, 2.45) is 0 Å². The van der Waals surface area contributed by atoms with Crippen LogP contribution in [-0.2, 0) is 14.8 Å². The fourth-order valence-corrected chi connectivity index (χ4v) is 5.96. The minimum Gasteiger partial charge on any atom is -0.375 e. The Labute approximate surface area is 135 Å². The van der Waals surface area contributed by atoms with Gasteiger partial charge in [0, 0.05) is 6.54 Å². The second kappa shape index (κ2) is 6.05. The molecule has 2 fully saturated rings. The molecular formula is C14H17Cl2NO3S. The summed E-state index contributed by atoms with van der Waals surface area (Å²) in [6, 6.07) is 4.65. The highest BCUT2D eigenvalue weighted by Crippen LogP contribution is 2.36. The maximum atomic E-state index is 13.0. The summed E-state index contributed by atoms with van der Waals surface area (Å²) in [7, 11) is -3.70. The van der Waals surface area contributed by atoms with E-state index in [1.54, 1.807) is 18.2 Å². The van der Waals surface area contributed by atoms with E-state index in [0.717, 1.165) is 25.7 Å². The molecule has 4 nitrogen and oxygen atoms in total. The monoisotopic (exact) mass is 349 g/mol. The molecule has 0 bridgehead atoms. The van der Waals surface area contributed by atoms with E-state index in [2.05, 4.69) is 0 Å². The van der Waals surface area contributed by atoms with Crippen LogP contribution < -0.4 is 0 Å². The normalized spacial score (nSPS) is 27.3. The van der Waals surface area contributed by atoms with Gasteiger partial charge in [-0.15, -0.1) is 0 Å². The van der Waals surface area contributed by atoms with Gasteiger partial charge in [0.15, 0.2) is 0 Å². The molecule has 1 aromatic carbocycles. The average molecular weight is 350 g/mol. The van der Waals surface area contributed by atoms with Gasteiger partial charge in [-0.3, -0.25) is 0 Å². The van der Waals surface area contributed by atoms with Crippen LogP contribution in [0.4, 0.5) is 0 Å². The van der Waals surface area contributed by atoms with Crippen molar-refractivity contribution in [3.8, 4) is 0 Å². The molecule has 1 aromatic rings. The van der Waals surface area contributed by atoms with Gasteiger partial charge in [0.2, 0.25) is 10.0 Å². The lowest BCUT2D eigenvalue weighted by Crippen LogP contribution is -2.54. The SMILES string of the molecule is O=S(=O)(c1c(Cl)cccc1Cl)N1CCO[C@@H]2CCCC[C@@H]21. The average Bonchev–Trinajstić information content (AvgIpc) is 2.46. The van der Waals surface area contributed by atoms with E-state index in [9.17, 15) is 8.42 Å². The molecule has 0 N–H and O–H groups in total. The Morgan fingerprint density at radius 2 is 1.81 bits per heavy atom. The van der Waals surface area contributed by atoms with Crippen LogP contribution in [0.5, 0.6) is 0 Å². The van der Waals surface area contributed by atoms with Crippen LogP contribution in [0.15, 0.2) is 23.1 Å². The summed E-state index contributed by atoms with van der Waals surface area (Å²) in [5, 5.41) is 0.336. The summed E-state index contributed by atoms with van der Waals surface area (Å²) >= 11 is 12.2. The summed E-state index contributed by atoms with van der Waals surface area (Å²) in [6.45, 7) is 0.771. The van der Waals surface area contributed by atoms with Gasteiger partial charge in [-0.05, 0) is 25.0 Å². The second-order valence-corrected chi connectivity index (χ2v) is 8.07. The molecule has 1 aliphatic carbocycles. The molecule has 1 heterocycles. The molecular weight excluding hydrogens is 333 g/mol. The Hall–Kier alpha value is -0.330. The number of fused-ring (bicyclic) bond motifs is 1. The number of hydrogen-bond acceptors (Lipinski definition) is 3. The lowest BCUT2D eigenvalue weighted by Gasteiger charge is -2.42. The number of hydrogen-bond donors (Lipinski definition) is 0. The largest absolute Gasteiger partial charge is 0.375 e. The van der Waals surface area contributed by atoms with E-state index in [4.69, 9.17) is 27.9 Å². The van der Waals surface area contributed by atoms with Gasteiger partial charge in [-0.1, -0.05) is 42.1 Å². The van der Waals surface area contributed by atoms with E-state index in [-0.39, 0.29) is 27.1 Å². The molecule has 0 amide bonds. The number of ether oxygens (including phenoxy) is 1. The lowest BCUT2D eigenvalue weighted by atomic mass is 9.91. The maximum absolute atomic E-state index is 13.0.